The smallest absolute Gasteiger partial charge is 0.329 e. The van der Waals surface area contributed by atoms with Gasteiger partial charge in [-0.05, 0) is 48.5 Å². The standard InChI is InChI=1S/C19H26N2O3S/c1-13(12-20)24-18(23)16(10-11-25-5)21-17(22)14-6-8-15(9-7-14)19(2,3)4/h6-9,13,16H,10-11H2,1-5H3,(H,21,22)/t13-,16-/m1/s1. The number of ether oxygens (including phenoxy) is 1. The molecule has 1 aromatic carbocycles. The molecule has 1 N–H and O–H groups in total. The lowest BCUT2D eigenvalue weighted by molar-refractivity contribution is -0.148. The number of amides is 1. The first-order valence-corrected chi connectivity index (χ1v) is 9.59. The number of hydrogen-bond acceptors (Lipinski definition) is 5. The lowest BCUT2D eigenvalue weighted by atomic mass is 9.86. The number of carbonyl (C=O) groups excluding carboxylic acids is 2. The van der Waals surface area contributed by atoms with Crippen molar-refractivity contribution in [3.05, 3.63) is 35.4 Å². The highest BCUT2D eigenvalue weighted by Crippen LogP contribution is 2.22. The minimum atomic E-state index is -0.841. The lowest BCUT2D eigenvalue weighted by Crippen LogP contribution is -2.43. The number of nitrogens with zero attached hydrogens (tertiary/aromatic N) is 1. The van der Waals surface area contributed by atoms with Crippen LogP contribution in [0, 0.1) is 11.3 Å². The third-order valence-electron chi connectivity index (χ3n) is 3.69. The van der Waals surface area contributed by atoms with Crippen molar-refractivity contribution < 1.29 is 14.3 Å². The normalized spacial score (nSPS) is 13.4. The molecule has 1 amide bonds. The molecule has 0 aromatic heterocycles. The number of esters is 1. The largest absolute Gasteiger partial charge is 0.446 e. The lowest BCUT2D eigenvalue weighted by Gasteiger charge is -2.20. The first-order chi connectivity index (χ1) is 11.7. The van der Waals surface area contributed by atoms with Crippen LogP contribution >= 0.6 is 11.8 Å². The molecule has 0 fully saturated rings. The number of hydrogen-bond donors (Lipinski definition) is 1. The van der Waals surface area contributed by atoms with Crippen LogP contribution in [0.3, 0.4) is 0 Å². The van der Waals surface area contributed by atoms with Crippen LogP contribution in [0.4, 0.5) is 0 Å². The van der Waals surface area contributed by atoms with Crippen LogP contribution in [0.2, 0.25) is 0 Å². The summed E-state index contributed by atoms with van der Waals surface area (Å²) in [6.45, 7) is 7.81. The molecule has 0 aliphatic carbocycles. The van der Waals surface area contributed by atoms with E-state index in [-0.39, 0.29) is 11.3 Å². The van der Waals surface area contributed by atoms with Crippen molar-refractivity contribution in [3.8, 4) is 6.07 Å². The van der Waals surface area contributed by atoms with E-state index >= 15 is 0 Å². The molecule has 1 aromatic rings. The molecular formula is C19H26N2O3S. The van der Waals surface area contributed by atoms with E-state index in [2.05, 4.69) is 26.1 Å². The summed E-state index contributed by atoms with van der Waals surface area (Å²) in [5.41, 5.74) is 1.63. The SMILES string of the molecule is CSCC[C@@H](NC(=O)c1ccc(C(C)(C)C)cc1)C(=O)O[C@H](C)C#N. The highest BCUT2D eigenvalue weighted by atomic mass is 32.2. The van der Waals surface area contributed by atoms with Crippen molar-refractivity contribution in [2.45, 2.75) is 51.7 Å². The van der Waals surface area contributed by atoms with E-state index in [1.165, 1.54) is 6.92 Å². The zero-order chi connectivity index (χ0) is 19.0. The van der Waals surface area contributed by atoms with Gasteiger partial charge in [0.15, 0.2) is 6.10 Å². The average molecular weight is 362 g/mol. The molecule has 0 aliphatic rings. The van der Waals surface area contributed by atoms with Gasteiger partial charge in [0, 0.05) is 5.56 Å². The minimum Gasteiger partial charge on any atom is -0.446 e. The summed E-state index contributed by atoms with van der Waals surface area (Å²) in [6, 6.07) is 8.43. The number of rotatable bonds is 7. The Morgan fingerprint density at radius 1 is 1.28 bits per heavy atom. The van der Waals surface area contributed by atoms with Gasteiger partial charge in [0.1, 0.15) is 12.1 Å². The molecule has 0 aliphatic heterocycles. The monoisotopic (exact) mass is 362 g/mol. The summed E-state index contributed by atoms with van der Waals surface area (Å²) < 4.78 is 5.04. The fourth-order valence-corrected chi connectivity index (χ4v) is 2.60. The maximum absolute atomic E-state index is 12.4. The van der Waals surface area contributed by atoms with Crippen LogP contribution in [-0.4, -0.2) is 36.0 Å². The van der Waals surface area contributed by atoms with Crippen LogP contribution in [0.1, 0.15) is 50.0 Å². The molecule has 0 bridgehead atoms. The summed E-state index contributed by atoms with van der Waals surface area (Å²) in [7, 11) is 0. The average Bonchev–Trinajstić information content (AvgIpc) is 2.57. The number of carbonyl (C=O) groups is 2. The van der Waals surface area contributed by atoms with Crippen molar-refractivity contribution in [1.82, 2.24) is 5.32 Å². The highest BCUT2D eigenvalue weighted by molar-refractivity contribution is 7.98. The van der Waals surface area contributed by atoms with Crippen molar-refractivity contribution in [2.75, 3.05) is 12.0 Å². The van der Waals surface area contributed by atoms with Gasteiger partial charge >= 0.3 is 5.97 Å². The molecule has 0 unspecified atom stereocenters. The predicted octanol–water partition coefficient (Wildman–Crippen LogP) is 3.29. The second-order valence-electron chi connectivity index (χ2n) is 6.84. The minimum absolute atomic E-state index is 0.00707. The van der Waals surface area contributed by atoms with E-state index in [0.717, 1.165) is 5.56 Å². The summed E-state index contributed by atoms with van der Waals surface area (Å²) >= 11 is 1.58. The Labute approximate surface area is 154 Å². The van der Waals surface area contributed by atoms with E-state index in [1.54, 1.807) is 23.9 Å². The van der Waals surface area contributed by atoms with E-state index < -0.39 is 18.1 Å². The Morgan fingerprint density at radius 3 is 2.36 bits per heavy atom. The Kier molecular flexibility index (Phi) is 7.98. The third-order valence-corrected chi connectivity index (χ3v) is 4.33. The van der Waals surface area contributed by atoms with Gasteiger partial charge in [-0.3, -0.25) is 4.79 Å². The zero-order valence-corrected chi connectivity index (χ0v) is 16.3. The molecule has 136 valence electrons. The van der Waals surface area contributed by atoms with Crippen LogP contribution in [-0.2, 0) is 14.9 Å². The maximum Gasteiger partial charge on any atom is 0.329 e. The summed E-state index contributed by atoms with van der Waals surface area (Å²) in [4.78, 5) is 24.6. The van der Waals surface area contributed by atoms with Gasteiger partial charge in [-0.25, -0.2) is 4.79 Å². The molecule has 1 rings (SSSR count). The molecule has 6 heteroatoms. The van der Waals surface area contributed by atoms with Crippen molar-refractivity contribution in [1.29, 1.82) is 5.26 Å². The fourth-order valence-electron chi connectivity index (χ4n) is 2.13. The number of benzene rings is 1. The van der Waals surface area contributed by atoms with Gasteiger partial charge in [0.05, 0.1) is 0 Å². The van der Waals surface area contributed by atoms with Gasteiger partial charge in [-0.2, -0.15) is 17.0 Å². The van der Waals surface area contributed by atoms with Gasteiger partial charge < -0.3 is 10.1 Å². The first kappa shape index (κ1) is 21.0. The molecule has 0 saturated heterocycles. The molecule has 0 radical (unpaired) electrons. The number of thioether (sulfide) groups is 1. The summed E-state index contributed by atoms with van der Waals surface area (Å²) in [5, 5.41) is 11.5. The van der Waals surface area contributed by atoms with E-state index in [0.29, 0.717) is 17.7 Å². The quantitative estimate of drug-likeness (QED) is 0.753. The Bertz CT molecular complexity index is 630. The Hall–Kier alpha value is -2.00. The number of nitriles is 1. The van der Waals surface area contributed by atoms with E-state index in [1.807, 2.05) is 24.5 Å². The molecule has 5 nitrogen and oxygen atoms in total. The molecule has 0 spiro atoms. The van der Waals surface area contributed by atoms with Gasteiger partial charge in [-0.15, -0.1) is 0 Å². The first-order valence-electron chi connectivity index (χ1n) is 8.19. The topological polar surface area (TPSA) is 79.2 Å². The summed E-state index contributed by atoms with van der Waals surface area (Å²) in [5.74, 6) is -0.208. The third kappa shape index (κ3) is 6.79. The molecule has 25 heavy (non-hydrogen) atoms. The molecule has 0 saturated carbocycles. The zero-order valence-electron chi connectivity index (χ0n) is 15.5. The Morgan fingerprint density at radius 2 is 1.88 bits per heavy atom. The molecular weight excluding hydrogens is 336 g/mol. The van der Waals surface area contributed by atoms with Gasteiger partial charge in [-0.1, -0.05) is 32.9 Å². The van der Waals surface area contributed by atoms with Crippen molar-refractivity contribution >= 4 is 23.6 Å². The second kappa shape index (κ2) is 9.47. The summed E-state index contributed by atoms with van der Waals surface area (Å²) in [6.07, 6.45) is 1.53. The van der Waals surface area contributed by atoms with E-state index in [4.69, 9.17) is 10.00 Å². The highest BCUT2D eigenvalue weighted by Gasteiger charge is 2.24. The van der Waals surface area contributed by atoms with E-state index in [9.17, 15) is 9.59 Å². The van der Waals surface area contributed by atoms with Crippen molar-refractivity contribution in [3.63, 3.8) is 0 Å². The molecule has 2 atom stereocenters. The maximum atomic E-state index is 12.4. The van der Waals surface area contributed by atoms with Gasteiger partial charge in [0.2, 0.25) is 0 Å². The molecule has 0 heterocycles. The van der Waals surface area contributed by atoms with Crippen LogP contribution < -0.4 is 5.32 Å². The predicted molar refractivity (Wildman–Crippen MR) is 101 cm³/mol. The van der Waals surface area contributed by atoms with Crippen molar-refractivity contribution in [2.24, 2.45) is 0 Å². The van der Waals surface area contributed by atoms with Crippen LogP contribution in [0.25, 0.3) is 0 Å². The number of nitrogens with one attached hydrogen (secondary N) is 1. The fraction of sp³-hybridized carbons (Fsp3) is 0.526. The van der Waals surface area contributed by atoms with Crippen LogP contribution in [0.5, 0.6) is 0 Å². The Balaban J connectivity index is 2.83. The van der Waals surface area contributed by atoms with Crippen LogP contribution in [0.15, 0.2) is 24.3 Å². The van der Waals surface area contributed by atoms with Gasteiger partial charge in [0.25, 0.3) is 5.91 Å². The second-order valence-corrected chi connectivity index (χ2v) is 7.83.